The lowest BCUT2D eigenvalue weighted by Gasteiger charge is -2.07. The Labute approximate surface area is 189 Å². The summed E-state index contributed by atoms with van der Waals surface area (Å²) >= 11 is 0. The third-order valence-corrected chi connectivity index (χ3v) is 5.31. The van der Waals surface area contributed by atoms with Crippen LogP contribution >= 0.6 is 0 Å². The maximum absolute atomic E-state index is 13.3. The molecule has 0 bridgehead atoms. The fraction of sp³-hybridized carbons (Fsp3) is 0.115. The first-order valence-corrected chi connectivity index (χ1v) is 10.3. The number of phenols is 1. The second-order valence-electron chi connectivity index (χ2n) is 7.36. The van der Waals surface area contributed by atoms with Crippen LogP contribution in [0.5, 0.6) is 5.75 Å². The van der Waals surface area contributed by atoms with E-state index in [4.69, 9.17) is 4.74 Å². The number of aliphatic hydroxyl groups excluding tert-OH is 1. The van der Waals surface area contributed by atoms with E-state index in [0.29, 0.717) is 16.6 Å². The minimum atomic E-state index is -0.611. The highest BCUT2D eigenvalue weighted by atomic mass is 16.5. The normalized spacial score (nSPS) is 10.8. The van der Waals surface area contributed by atoms with Crippen molar-refractivity contribution in [3.05, 3.63) is 106 Å². The zero-order valence-electron chi connectivity index (χ0n) is 17.8. The highest BCUT2D eigenvalue weighted by Gasteiger charge is 2.23. The average molecular weight is 443 g/mol. The van der Waals surface area contributed by atoms with Gasteiger partial charge in [0.25, 0.3) is 0 Å². The number of ether oxygens (including phenoxy) is 1. The standard InChI is InChI=1S/C26H21NO6/c1-2-33-26(32)20-14-22(25(31)17-8-9-23(29)19(12-17)15-28)27-11-10-18(13-21(20)27)24(30)16-6-4-3-5-7-16/h3-14,28-29H,2,15H2,1H3. The van der Waals surface area contributed by atoms with Crippen LogP contribution in [-0.2, 0) is 11.3 Å². The molecule has 0 spiro atoms. The number of esters is 1. The van der Waals surface area contributed by atoms with Crippen LogP contribution in [0.25, 0.3) is 5.52 Å². The number of hydrogen-bond acceptors (Lipinski definition) is 6. The van der Waals surface area contributed by atoms with Gasteiger partial charge in [-0.05, 0) is 43.3 Å². The summed E-state index contributed by atoms with van der Waals surface area (Å²) in [6, 6.07) is 17.5. The molecular weight excluding hydrogens is 422 g/mol. The summed E-state index contributed by atoms with van der Waals surface area (Å²) in [6.45, 7) is 1.40. The van der Waals surface area contributed by atoms with Crippen molar-refractivity contribution in [2.45, 2.75) is 13.5 Å². The van der Waals surface area contributed by atoms with Gasteiger partial charge in [-0.25, -0.2) is 4.79 Å². The highest BCUT2D eigenvalue weighted by Crippen LogP contribution is 2.25. The van der Waals surface area contributed by atoms with Gasteiger partial charge in [0.05, 0.1) is 30.0 Å². The summed E-state index contributed by atoms with van der Waals surface area (Å²) in [5, 5.41) is 19.2. The maximum atomic E-state index is 13.3. The summed E-state index contributed by atoms with van der Waals surface area (Å²) in [6.07, 6.45) is 1.56. The first-order chi connectivity index (χ1) is 15.9. The summed E-state index contributed by atoms with van der Waals surface area (Å²) in [4.78, 5) is 38.8. The molecule has 0 saturated heterocycles. The van der Waals surface area contributed by atoms with Gasteiger partial charge in [-0.1, -0.05) is 30.3 Å². The molecule has 7 heteroatoms. The molecule has 0 fully saturated rings. The van der Waals surface area contributed by atoms with Crippen LogP contribution < -0.4 is 0 Å². The monoisotopic (exact) mass is 443 g/mol. The van der Waals surface area contributed by atoms with Gasteiger partial charge in [0.15, 0.2) is 5.78 Å². The smallest absolute Gasteiger partial charge is 0.340 e. The molecule has 0 radical (unpaired) electrons. The number of aromatic nitrogens is 1. The third kappa shape index (κ3) is 4.14. The second kappa shape index (κ2) is 9.10. The number of carbonyl (C=O) groups excluding carboxylic acids is 3. The minimum absolute atomic E-state index is 0.120. The quantitative estimate of drug-likeness (QED) is 0.333. The molecule has 2 N–H and O–H groups in total. The van der Waals surface area contributed by atoms with Crippen LogP contribution in [0.15, 0.2) is 72.9 Å². The van der Waals surface area contributed by atoms with E-state index >= 15 is 0 Å². The van der Waals surface area contributed by atoms with Crippen molar-refractivity contribution < 1.29 is 29.3 Å². The first kappa shape index (κ1) is 22.0. The Balaban J connectivity index is 1.85. The van der Waals surface area contributed by atoms with E-state index in [0.717, 1.165) is 0 Å². The Hall–Kier alpha value is -4.23. The number of aliphatic hydroxyl groups is 1. The van der Waals surface area contributed by atoms with Crippen molar-refractivity contribution in [2.75, 3.05) is 6.61 Å². The molecule has 0 aliphatic rings. The van der Waals surface area contributed by atoms with Gasteiger partial charge in [-0.2, -0.15) is 0 Å². The van der Waals surface area contributed by atoms with Crippen molar-refractivity contribution >= 4 is 23.1 Å². The molecule has 33 heavy (non-hydrogen) atoms. The van der Waals surface area contributed by atoms with Crippen LogP contribution in [0.2, 0.25) is 0 Å². The zero-order valence-corrected chi connectivity index (χ0v) is 17.8. The average Bonchev–Trinajstić information content (AvgIpc) is 3.23. The van der Waals surface area contributed by atoms with Gasteiger partial charge in [0.1, 0.15) is 5.75 Å². The molecule has 166 valence electrons. The molecule has 4 aromatic rings. The highest BCUT2D eigenvalue weighted by molar-refractivity contribution is 6.13. The van der Waals surface area contributed by atoms with Gasteiger partial charge in [-0.3, -0.25) is 9.59 Å². The number of carbonyl (C=O) groups is 3. The van der Waals surface area contributed by atoms with Gasteiger partial charge < -0.3 is 19.4 Å². The Bertz CT molecular complexity index is 1370. The van der Waals surface area contributed by atoms with Gasteiger partial charge in [0, 0.05) is 28.5 Å². The SMILES string of the molecule is CCOC(=O)c1cc(C(=O)c2ccc(O)c(CO)c2)n2ccc(C(=O)c3ccccc3)cc12. The van der Waals surface area contributed by atoms with Crippen molar-refractivity contribution in [1.82, 2.24) is 4.40 Å². The minimum Gasteiger partial charge on any atom is -0.508 e. The summed E-state index contributed by atoms with van der Waals surface area (Å²) in [5.74, 6) is -1.36. The lowest BCUT2D eigenvalue weighted by molar-refractivity contribution is 0.0528. The number of nitrogens with zero attached hydrogens (tertiary/aromatic N) is 1. The Morgan fingerprint density at radius 1 is 0.879 bits per heavy atom. The summed E-state index contributed by atoms with van der Waals surface area (Å²) in [5.41, 5.74) is 2.01. The molecule has 0 amide bonds. The second-order valence-corrected chi connectivity index (χ2v) is 7.36. The molecule has 4 rings (SSSR count). The molecule has 2 aromatic carbocycles. The molecule has 7 nitrogen and oxygen atoms in total. The van der Waals surface area contributed by atoms with E-state index in [9.17, 15) is 24.6 Å². The largest absolute Gasteiger partial charge is 0.508 e. The van der Waals surface area contributed by atoms with E-state index in [1.165, 1.54) is 28.7 Å². The molecule has 0 saturated carbocycles. The van der Waals surface area contributed by atoms with E-state index in [1.807, 2.05) is 6.07 Å². The Kier molecular flexibility index (Phi) is 6.06. The Morgan fingerprint density at radius 3 is 2.30 bits per heavy atom. The number of ketones is 2. The summed E-state index contributed by atoms with van der Waals surface area (Å²) < 4.78 is 6.69. The van der Waals surface area contributed by atoms with Gasteiger partial charge in [0.2, 0.25) is 5.78 Å². The predicted octanol–water partition coefficient (Wildman–Crippen LogP) is 3.78. The lowest BCUT2D eigenvalue weighted by atomic mass is 10.0. The van der Waals surface area contributed by atoms with Crippen LogP contribution in [0.1, 0.15) is 54.8 Å². The molecule has 2 heterocycles. The molecule has 2 aromatic heterocycles. The fourth-order valence-corrected chi connectivity index (χ4v) is 3.64. The molecule has 0 unspecified atom stereocenters. The summed E-state index contributed by atoms with van der Waals surface area (Å²) in [7, 11) is 0. The molecule has 0 atom stereocenters. The van der Waals surface area contributed by atoms with Gasteiger partial charge in [-0.15, -0.1) is 0 Å². The van der Waals surface area contributed by atoms with E-state index in [-0.39, 0.29) is 40.5 Å². The fourth-order valence-electron chi connectivity index (χ4n) is 3.64. The number of rotatable bonds is 7. The third-order valence-electron chi connectivity index (χ3n) is 5.31. The molecule has 0 aliphatic heterocycles. The lowest BCUT2D eigenvalue weighted by Crippen LogP contribution is -2.07. The maximum Gasteiger partial charge on any atom is 0.340 e. The number of pyridine rings is 1. The molecule has 0 aliphatic carbocycles. The number of benzene rings is 2. The van der Waals surface area contributed by atoms with Crippen LogP contribution in [0.4, 0.5) is 0 Å². The van der Waals surface area contributed by atoms with Crippen LogP contribution in [0, 0.1) is 0 Å². The topological polar surface area (TPSA) is 105 Å². The zero-order chi connectivity index (χ0) is 23.5. The predicted molar refractivity (Wildman–Crippen MR) is 121 cm³/mol. The Morgan fingerprint density at radius 2 is 1.61 bits per heavy atom. The van der Waals surface area contributed by atoms with Crippen LogP contribution in [0.3, 0.4) is 0 Å². The molecular formula is C26H21NO6. The van der Waals surface area contributed by atoms with Gasteiger partial charge >= 0.3 is 5.97 Å². The first-order valence-electron chi connectivity index (χ1n) is 10.3. The number of hydrogen-bond donors (Lipinski definition) is 2. The van der Waals surface area contributed by atoms with Crippen molar-refractivity contribution in [3.63, 3.8) is 0 Å². The van der Waals surface area contributed by atoms with Crippen molar-refractivity contribution in [3.8, 4) is 5.75 Å². The van der Waals surface area contributed by atoms with Crippen LogP contribution in [-0.4, -0.2) is 38.8 Å². The number of fused-ring (bicyclic) bond motifs is 1. The van der Waals surface area contributed by atoms with E-state index in [2.05, 4.69) is 0 Å². The number of aromatic hydroxyl groups is 1. The van der Waals surface area contributed by atoms with E-state index < -0.39 is 18.4 Å². The van der Waals surface area contributed by atoms with Crippen molar-refractivity contribution in [1.29, 1.82) is 0 Å². The van der Waals surface area contributed by atoms with E-state index in [1.54, 1.807) is 49.5 Å². The van der Waals surface area contributed by atoms with Crippen molar-refractivity contribution in [2.24, 2.45) is 0 Å².